The zero-order valence-electron chi connectivity index (χ0n) is 17.3. The zero-order chi connectivity index (χ0) is 21.2. The Hall–Kier alpha value is -2.98. The fraction of sp³-hybridized carbons (Fsp3) is 0.348. The van der Waals surface area contributed by atoms with Crippen molar-refractivity contribution in [3.05, 3.63) is 66.0 Å². The van der Waals surface area contributed by atoms with Gasteiger partial charge in [-0.15, -0.1) is 10.2 Å². The Balaban J connectivity index is 1.56. The van der Waals surface area contributed by atoms with Crippen LogP contribution in [-0.2, 0) is 13.2 Å². The van der Waals surface area contributed by atoms with Gasteiger partial charge < -0.3 is 14.0 Å². The molecule has 0 N–H and O–H groups in total. The van der Waals surface area contributed by atoms with Gasteiger partial charge in [0.05, 0.1) is 18.2 Å². The second-order valence-electron chi connectivity index (χ2n) is 7.17. The normalized spacial score (nSPS) is 10.7. The Morgan fingerprint density at radius 2 is 1.73 bits per heavy atom. The van der Waals surface area contributed by atoms with Gasteiger partial charge in [-0.1, -0.05) is 43.8 Å². The topological polar surface area (TPSA) is 73.0 Å². The smallest absolute Gasteiger partial charge is 0.191 e. The Bertz CT molecular complexity index is 950. The van der Waals surface area contributed by atoms with E-state index in [0.29, 0.717) is 24.7 Å². The predicted molar refractivity (Wildman–Crippen MR) is 118 cm³/mol. The molecule has 0 aliphatic rings. The van der Waals surface area contributed by atoms with Gasteiger partial charge in [-0.3, -0.25) is 0 Å². The monoisotopic (exact) mass is 422 g/mol. The summed E-state index contributed by atoms with van der Waals surface area (Å²) in [5.41, 5.74) is 0.625. The highest BCUT2D eigenvalue weighted by molar-refractivity contribution is 7.99. The van der Waals surface area contributed by atoms with E-state index in [9.17, 15) is 0 Å². The van der Waals surface area contributed by atoms with E-state index in [0.717, 1.165) is 41.2 Å². The molecule has 0 fully saturated rings. The van der Waals surface area contributed by atoms with Crippen molar-refractivity contribution in [2.45, 2.75) is 38.6 Å². The summed E-state index contributed by atoms with van der Waals surface area (Å²) < 4.78 is 13.8. The number of thioether (sulfide) groups is 1. The Morgan fingerprint density at radius 3 is 2.43 bits per heavy atom. The Kier molecular flexibility index (Phi) is 8.16. The van der Waals surface area contributed by atoms with E-state index in [2.05, 4.69) is 34.7 Å². The number of nitriles is 1. The standard InChI is InChI=1S/C23H26N4O2S/c1-18(2)12-13-27-22(17-29-20-6-4-3-5-7-20)25-26-23(27)30-15-14-28-21-10-8-19(16-24)9-11-21/h3-11,18H,12-15,17H2,1-2H3. The zero-order valence-corrected chi connectivity index (χ0v) is 18.1. The number of ether oxygens (including phenoxy) is 2. The first-order valence-corrected chi connectivity index (χ1v) is 11.0. The molecule has 0 radical (unpaired) electrons. The first-order valence-electron chi connectivity index (χ1n) is 10.0. The van der Waals surface area contributed by atoms with E-state index < -0.39 is 0 Å². The molecule has 0 amide bonds. The molecule has 1 aromatic heterocycles. The van der Waals surface area contributed by atoms with Crippen LogP contribution in [0.4, 0.5) is 0 Å². The van der Waals surface area contributed by atoms with Crippen LogP contribution < -0.4 is 9.47 Å². The SMILES string of the molecule is CC(C)CCn1c(COc2ccccc2)nnc1SCCOc1ccc(C#N)cc1. The van der Waals surface area contributed by atoms with E-state index in [4.69, 9.17) is 14.7 Å². The summed E-state index contributed by atoms with van der Waals surface area (Å²) in [6.07, 6.45) is 1.05. The van der Waals surface area contributed by atoms with Crippen LogP contribution >= 0.6 is 11.8 Å². The number of hydrogen-bond donors (Lipinski definition) is 0. The van der Waals surface area contributed by atoms with Crippen molar-refractivity contribution in [2.24, 2.45) is 5.92 Å². The molecule has 0 bridgehead atoms. The summed E-state index contributed by atoms with van der Waals surface area (Å²) in [5.74, 6) is 3.75. The first-order chi connectivity index (χ1) is 14.7. The molecule has 0 saturated carbocycles. The molecular formula is C23H26N4O2S. The molecule has 2 aromatic carbocycles. The van der Waals surface area contributed by atoms with Crippen molar-refractivity contribution in [1.82, 2.24) is 14.8 Å². The van der Waals surface area contributed by atoms with Gasteiger partial charge >= 0.3 is 0 Å². The Morgan fingerprint density at radius 1 is 1.00 bits per heavy atom. The van der Waals surface area contributed by atoms with Gasteiger partial charge in [-0.05, 0) is 48.7 Å². The van der Waals surface area contributed by atoms with Crippen molar-refractivity contribution in [3.8, 4) is 17.6 Å². The maximum absolute atomic E-state index is 8.86. The maximum Gasteiger partial charge on any atom is 0.191 e. The van der Waals surface area contributed by atoms with Crippen molar-refractivity contribution < 1.29 is 9.47 Å². The fourth-order valence-electron chi connectivity index (χ4n) is 2.73. The second kappa shape index (κ2) is 11.3. The minimum absolute atomic E-state index is 0.386. The molecule has 0 unspecified atom stereocenters. The van der Waals surface area contributed by atoms with Crippen LogP contribution in [0.3, 0.4) is 0 Å². The van der Waals surface area contributed by atoms with E-state index in [1.54, 1.807) is 23.9 Å². The number of hydrogen-bond acceptors (Lipinski definition) is 6. The van der Waals surface area contributed by atoms with Crippen molar-refractivity contribution >= 4 is 11.8 Å². The number of benzene rings is 2. The molecule has 30 heavy (non-hydrogen) atoms. The molecule has 6 nitrogen and oxygen atoms in total. The van der Waals surface area contributed by atoms with E-state index in [-0.39, 0.29) is 0 Å². The number of aromatic nitrogens is 3. The van der Waals surface area contributed by atoms with E-state index in [1.807, 2.05) is 42.5 Å². The number of nitrogens with zero attached hydrogens (tertiary/aromatic N) is 4. The maximum atomic E-state index is 8.86. The van der Waals surface area contributed by atoms with Gasteiger partial charge in [-0.2, -0.15) is 5.26 Å². The third-order valence-corrected chi connectivity index (χ3v) is 5.33. The van der Waals surface area contributed by atoms with Crippen LogP contribution in [0.25, 0.3) is 0 Å². The molecule has 0 saturated heterocycles. The van der Waals surface area contributed by atoms with Gasteiger partial charge in [0.25, 0.3) is 0 Å². The lowest BCUT2D eigenvalue weighted by Crippen LogP contribution is -2.11. The van der Waals surface area contributed by atoms with Gasteiger partial charge in [-0.25, -0.2) is 0 Å². The van der Waals surface area contributed by atoms with Crippen LogP contribution in [-0.4, -0.2) is 27.1 Å². The van der Waals surface area contributed by atoms with Gasteiger partial charge in [0.2, 0.25) is 0 Å². The van der Waals surface area contributed by atoms with Crippen molar-refractivity contribution in [2.75, 3.05) is 12.4 Å². The van der Waals surface area contributed by atoms with Gasteiger partial charge in [0.1, 0.15) is 18.1 Å². The fourth-order valence-corrected chi connectivity index (χ4v) is 3.53. The van der Waals surface area contributed by atoms with E-state index in [1.165, 1.54) is 0 Å². The van der Waals surface area contributed by atoms with Crippen LogP contribution in [0.15, 0.2) is 59.8 Å². The minimum Gasteiger partial charge on any atom is -0.493 e. The third kappa shape index (κ3) is 6.53. The summed E-state index contributed by atoms with van der Waals surface area (Å²) in [6, 6.07) is 19.0. The molecule has 3 rings (SSSR count). The summed E-state index contributed by atoms with van der Waals surface area (Å²) >= 11 is 1.62. The second-order valence-corrected chi connectivity index (χ2v) is 8.23. The predicted octanol–water partition coefficient (Wildman–Crippen LogP) is 4.95. The third-order valence-electron chi connectivity index (χ3n) is 4.40. The Labute approximate surface area is 181 Å². The lowest BCUT2D eigenvalue weighted by Gasteiger charge is -2.12. The molecule has 3 aromatic rings. The molecular weight excluding hydrogens is 396 g/mol. The summed E-state index contributed by atoms with van der Waals surface area (Å²) in [5, 5.41) is 18.5. The molecule has 0 aliphatic heterocycles. The summed E-state index contributed by atoms with van der Waals surface area (Å²) in [6.45, 7) is 6.21. The average Bonchev–Trinajstić information content (AvgIpc) is 3.16. The van der Waals surface area contributed by atoms with Crippen LogP contribution in [0, 0.1) is 17.2 Å². The van der Waals surface area contributed by atoms with Crippen LogP contribution in [0.5, 0.6) is 11.5 Å². The molecule has 7 heteroatoms. The molecule has 0 spiro atoms. The molecule has 0 atom stereocenters. The number of rotatable bonds is 11. The lowest BCUT2D eigenvalue weighted by atomic mass is 10.1. The molecule has 1 heterocycles. The minimum atomic E-state index is 0.386. The average molecular weight is 423 g/mol. The van der Waals surface area contributed by atoms with E-state index >= 15 is 0 Å². The number of para-hydroxylation sites is 1. The quantitative estimate of drug-likeness (QED) is 0.322. The highest BCUT2D eigenvalue weighted by Crippen LogP contribution is 2.21. The lowest BCUT2D eigenvalue weighted by molar-refractivity contribution is 0.285. The highest BCUT2D eigenvalue weighted by Gasteiger charge is 2.14. The molecule has 156 valence electrons. The molecule has 0 aliphatic carbocycles. The van der Waals surface area contributed by atoms with Crippen molar-refractivity contribution in [3.63, 3.8) is 0 Å². The van der Waals surface area contributed by atoms with Crippen LogP contribution in [0.2, 0.25) is 0 Å². The first kappa shape index (κ1) is 21.7. The van der Waals surface area contributed by atoms with Gasteiger partial charge in [0, 0.05) is 12.3 Å². The van der Waals surface area contributed by atoms with Gasteiger partial charge in [0.15, 0.2) is 11.0 Å². The largest absolute Gasteiger partial charge is 0.493 e. The van der Waals surface area contributed by atoms with Crippen LogP contribution in [0.1, 0.15) is 31.7 Å². The highest BCUT2D eigenvalue weighted by atomic mass is 32.2. The summed E-state index contributed by atoms with van der Waals surface area (Å²) in [7, 11) is 0. The van der Waals surface area contributed by atoms with Crippen molar-refractivity contribution in [1.29, 1.82) is 5.26 Å². The summed E-state index contributed by atoms with van der Waals surface area (Å²) in [4.78, 5) is 0.